The van der Waals surface area contributed by atoms with E-state index in [1.54, 1.807) is 10.9 Å². The van der Waals surface area contributed by atoms with Crippen LogP contribution in [0, 0.1) is 6.92 Å². The fourth-order valence-corrected chi connectivity index (χ4v) is 1.47. The molecule has 15 heavy (non-hydrogen) atoms. The van der Waals surface area contributed by atoms with E-state index in [-0.39, 0.29) is 0 Å². The van der Waals surface area contributed by atoms with Gasteiger partial charge in [0.1, 0.15) is 12.1 Å². The Morgan fingerprint density at radius 1 is 1.47 bits per heavy atom. The first kappa shape index (κ1) is 10.1. The first-order chi connectivity index (χ1) is 7.16. The third-order valence-corrected chi connectivity index (χ3v) is 2.61. The molecule has 2 aromatic rings. The van der Waals surface area contributed by atoms with Gasteiger partial charge in [-0.15, -0.1) is 0 Å². The predicted octanol–water partition coefficient (Wildman–Crippen LogP) is 2.02. The highest BCUT2D eigenvalue weighted by Gasteiger charge is 2.04. The van der Waals surface area contributed by atoms with Crippen molar-refractivity contribution < 1.29 is 0 Å². The van der Waals surface area contributed by atoms with Gasteiger partial charge in [0.25, 0.3) is 0 Å². The summed E-state index contributed by atoms with van der Waals surface area (Å²) in [5.41, 5.74) is 1.09. The number of hydrogen-bond acceptors (Lipinski definition) is 4. The molecule has 2 rings (SSSR count). The molecule has 2 aromatic heterocycles. The number of aromatic nitrogens is 4. The molecule has 0 atom stereocenters. The second-order valence-corrected chi connectivity index (χ2v) is 3.99. The Kier molecular flexibility index (Phi) is 2.68. The molecule has 6 heteroatoms. The van der Waals surface area contributed by atoms with Gasteiger partial charge in [-0.1, -0.05) is 0 Å². The van der Waals surface area contributed by atoms with Gasteiger partial charge in [0.15, 0.2) is 5.82 Å². The number of aryl methyl sites for hydroxylation is 2. The van der Waals surface area contributed by atoms with Gasteiger partial charge in [0, 0.05) is 25.0 Å². The lowest BCUT2D eigenvalue weighted by Crippen LogP contribution is -1.97. The molecule has 1 N–H and O–H groups in total. The number of halogens is 1. The molecular weight excluding hydrogens is 258 g/mol. The number of nitrogens with one attached hydrogen (secondary N) is 1. The van der Waals surface area contributed by atoms with Crippen LogP contribution >= 0.6 is 15.9 Å². The van der Waals surface area contributed by atoms with Gasteiger partial charge in [0.05, 0.1) is 4.47 Å². The minimum Gasteiger partial charge on any atom is -0.322 e. The van der Waals surface area contributed by atoms with Crippen molar-refractivity contribution in [2.45, 2.75) is 6.92 Å². The predicted molar refractivity (Wildman–Crippen MR) is 61.0 cm³/mol. The summed E-state index contributed by atoms with van der Waals surface area (Å²) in [6, 6.07) is 1.95. The van der Waals surface area contributed by atoms with Crippen molar-refractivity contribution in [1.82, 2.24) is 19.7 Å². The van der Waals surface area contributed by atoms with Crippen LogP contribution in [0.25, 0.3) is 0 Å². The zero-order valence-electron chi connectivity index (χ0n) is 8.40. The lowest BCUT2D eigenvalue weighted by Gasteiger charge is -2.02. The lowest BCUT2D eigenvalue weighted by atomic mass is 10.4. The van der Waals surface area contributed by atoms with E-state index in [4.69, 9.17) is 0 Å². The van der Waals surface area contributed by atoms with Crippen LogP contribution in [0.1, 0.15) is 5.69 Å². The lowest BCUT2D eigenvalue weighted by molar-refractivity contribution is 0.743. The molecule has 78 valence electrons. The molecule has 0 aliphatic rings. The van der Waals surface area contributed by atoms with Crippen molar-refractivity contribution in [2.75, 3.05) is 5.32 Å². The van der Waals surface area contributed by atoms with Gasteiger partial charge in [-0.25, -0.2) is 9.97 Å². The highest BCUT2D eigenvalue weighted by Crippen LogP contribution is 2.21. The van der Waals surface area contributed by atoms with Crippen LogP contribution in [0.5, 0.6) is 0 Å². The van der Waals surface area contributed by atoms with E-state index in [1.807, 2.05) is 20.0 Å². The van der Waals surface area contributed by atoms with E-state index in [0.717, 1.165) is 16.0 Å². The minimum atomic E-state index is 0.711. The quantitative estimate of drug-likeness (QED) is 0.905. The number of anilines is 2. The van der Waals surface area contributed by atoms with E-state index in [9.17, 15) is 0 Å². The maximum atomic E-state index is 4.27. The number of hydrogen-bond donors (Lipinski definition) is 1. The van der Waals surface area contributed by atoms with E-state index in [2.05, 4.69) is 36.3 Å². The van der Waals surface area contributed by atoms with E-state index in [1.165, 1.54) is 6.33 Å². The molecular formula is C9H10BrN5. The molecule has 0 aliphatic heterocycles. The van der Waals surface area contributed by atoms with Gasteiger partial charge in [0.2, 0.25) is 0 Å². The third kappa shape index (κ3) is 2.15. The summed E-state index contributed by atoms with van der Waals surface area (Å²) in [6.45, 7) is 1.99. The molecule has 0 saturated heterocycles. The summed E-state index contributed by atoms with van der Waals surface area (Å²) < 4.78 is 2.62. The maximum absolute atomic E-state index is 4.27. The molecule has 0 saturated carbocycles. The van der Waals surface area contributed by atoms with Crippen LogP contribution in [-0.4, -0.2) is 19.7 Å². The summed E-state index contributed by atoms with van der Waals surface area (Å²) in [7, 11) is 1.90. The first-order valence-corrected chi connectivity index (χ1v) is 5.19. The Morgan fingerprint density at radius 2 is 2.27 bits per heavy atom. The SMILES string of the molecule is Cc1cc(Nc2ncncc2Br)nn1C. The summed E-state index contributed by atoms with van der Waals surface area (Å²) in [5.74, 6) is 1.48. The van der Waals surface area contributed by atoms with E-state index in [0.29, 0.717) is 5.82 Å². The molecule has 0 aromatic carbocycles. The Labute approximate surface area is 95.7 Å². The van der Waals surface area contributed by atoms with Gasteiger partial charge < -0.3 is 5.32 Å². The smallest absolute Gasteiger partial charge is 0.153 e. The van der Waals surface area contributed by atoms with E-state index < -0.39 is 0 Å². The summed E-state index contributed by atoms with van der Waals surface area (Å²) in [5, 5.41) is 7.37. The molecule has 0 bridgehead atoms. The minimum absolute atomic E-state index is 0.711. The monoisotopic (exact) mass is 267 g/mol. The zero-order valence-corrected chi connectivity index (χ0v) is 9.98. The molecule has 0 aliphatic carbocycles. The second-order valence-electron chi connectivity index (χ2n) is 3.14. The third-order valence-electron chi connectivity index (χ3n) is 2.03. The first-order valence-electron chi connectivity index (χ1n) is 4.40. The molecule has 0 fully saturated rings. The maximum Gasteiger partial charge on any atom is 0.153 e. The zero-order chi connectivity index (χ0) is 10.8. The van der Waals surface area contributed by atoms with Gasteiger partial charge >= 0.3 is 0 Å². The van der Waals surface area contributed by atoms with Gasteiger partial charge in [-0.3, -0.25) is 4.68 Å². The summed E-state index contributed by atoms with van der Waals surface area (Å²) in [4.78, 5) is 7.98. The molecule has 0 spiro atoms. The van der Waals surface area contributed by atoms with Crippen molar-refractivity contribution in [3.05, 3.63) is 28.8 Å². The summed E-state index contributed by atoms with van der Waals surface area (Å²) >= 11 is 3.36. The van der Waals surface area contributed by atoms with Crippen LogP contribution in [-0.2, 0) is 7.05 Å². The summed E-state index contributed by atoms with van der Waals surface area (Å²) in [6.07, 6.45) is 3.17. The highest BCUT2D eigenvalue weighted by molar-refractivity contribution is 9.10. The van der Waals surface area contributed by atoms with Crippen LogP contribution in [0.2, 0.25) is 0 Å². The van der Waals surface area contributed by atoms with Crippen molar-refractivity contribution in [1.29, 1.82) is 0 Å². The molecule has 0 amide bonds. The fraction of sp³-hybridized carbons (Fsp3) is 0.222. The van der Waals surface area contributed by atoms with Gasteiger partial charge in [-0.2, -0.15) is 5.10 Å². The Morgan fingerprint density at radius 3 is 2.87 bits per heavy atom. The largest absolute Gasteiger partial charge is 0.322 e. The molecule has 2 heterocycles. The standard InChI is InChI=1S/C9H10BrN5/c1-6-3-8(14-15(6)2)13-9-7(10)4-11-5-12-9/h3-5H,1-2H3,(H,11,12,13,14). The second kappa shape index (κ2) is 3.98. The van der Waals surface area contributed by atoms with Crippen LogP contribution < -0.4 is 5.32 Å². The Balaban J connectivity index is 2.26. The van der Waals surface area contributed by atoms with Crippen molar-refractivity contribution >= 4 is 27.6 Å². The van der Waals surface area contributed by atoms with Crippen LogP contribution in [0.4, 0.5) is 11.6 Å². The Hall–Kier alpha value is -1.43. The van der Waals surface area contributed by atoms with Crippen LogP contribution in [0.3, 0.4) is 0 Å². The topological polar surface area (TPSA) is 55.6 Å². The molecule has 0 radical (unpaired) electrons. The van der Waals surface area contributed by atoms with E-state index >= 15 is 0 Å². The Bertz CT molecular complexity index is 460. The molecule has 5 nitrogen and oxygen atoms in total. The highest BCUT2D eigenvalue weighted by atomic mass is 79.9. The number of nitrogens with zero attached hydrogens (tertiary/aromatic N) is 4. The fourth-order valence-electron chi connectivity index (χ4n) is 1.15. The van der Waals surface area contributed by atoms with Crippen molar-refractivity contribution in [3.8, 4) is 0 Å². The normalized spacial score (nSPS) is 10.3. The molecule has 0 unspecified atom stereocenters. The average Bonchev–Trinajstić information content (AvgIpc) is 2.50. The number of rotatable bonds is 2. The van der Waals surface area contributed by atoms with Crippen molar-refractivity contribution in [2.24, 2.45) is 7.05 Å². The van der Waals surface area contributed by atoms with Crippen LogP contribution in [0.15, 0.2) is 23.1 Å². The van der Waals surface area contributed by atoms with Gasteiger partial charge in [-0.05, 0) is 22.9 Å². The van der Waals surface area contributed by atoms with Crippen molar-refractivity contribution in [3.63, 3.8) is 0 Å². The average molecular weight is 268 g/mol.